The molecule has 2 aromatic heterocycles. The van der Waals surface area contributed by atoms with Gasteiger partial charge < -0.3 is 10.6 Å². The van der Waals surface area contributed by atoms with E-state index in [4.69, 9.17) is 0 Å². The van der Waals surface area contributed by atoms with E-state index in [9.17, 15) is 4.79 Å². The lowest BCUT2D eigenvalue weighted by Gasteiger charge is -2.15. The first kappa shape index (κ1) is 20.1. The van der Waals surface area contributed by atoms with E-state index in [1.807, 2.05) is 26.1 Å². The van der Waals surface area contributed by atoms with Crippen molar-refractivity contribution in [2.24, 2.45) is 7.05 Å². The zero-order valence-corrected chi connectivity index (χ0v) is 18.0. The van der Waals surface area contributed by atoms with Crippen LogP contribution in [-0.2, 0) is 7.05 Å². The van der Waals surface area contributed by atoms with Crippen LogP contribution in [0.4, 0.5) is 11.4 Å². The lowest BCUT2D eigenvalue weighted by atomic mass is 9.97. The molecule has 1 amide bonds. The molecule has 0 radical (unpaired) electrons. The number of rotatable bonds is 6. The van der Waals surface area contributed by atoms with Gasteiger partial charge in [0, 0.05) is 25.5 Å². The van der Waals surface area contributed by atoms with Crippen molar-refractivity contribution in [3.8, 4) is 0 Å². The fraction of sp³-hybridized carbons (Fsp3) is 0.375. The van der Waals surface area contributed by atoms with Crippen molar-refractivity contribution in [3.63, 3.8) is 0 Å². The Balaban J connectivity index is 1.62. The summed E-state index contributed by atoms with van der Waals surface area (Å²) in [6.07, 6.45) is 9.73. The predicted octanol–water partition coefficient (Wildman–Crippen LogP) is 4.95. The number of fused-ring (bicyclic) bond motifs is 1. The highest BCUT2D eigenvalue weighted by Crippen LogP contribution is 2.31. The van der Waals surface area contributed by atoms with Crippen molar-refractivity contribution in [3.05, 3.63) is 58.9 Å². The van der Waals surface area contributed by atoms with Crippen LogP contribution in [0.25, 0.3) is 11.0 Å². The predicted molar refractivity (Wildman–Crippen MR) is 121 cm³/mol. The van der Waals surface area contributed by atoms with E-state index < -0.39 is 0 Å². The largest absolute Gasteiger partial charge is 0.354 e. The van der Waals surface area contributed by atoms with Gasteiger partial charge in [0.1, 0.15) is 0 Å². The molecule has 1 aromatic carbocycles. The van der Waals surface area contributed by atoms with Crippen molar-refractivity contribution in [2.75, 3.05) is 11.9 Å². The molecule has 30 heavy (non-hydrogen) atoms. The van der Waals surface area contributed by atoms with Crippen molar-refractivity contribution < 1.29 is 4.79 Å². The quantitative estimate of drug-likeness (QED) is 0.571. The van der Waals surface area contributed by atoms with Gasteiger partial charge in [-0.25, -0.2) is 4.98 Å². The molecule has 1 aliphatic carbocycles. The van der Waals surface area contributed by atoms with E-state index in [0.717, 1.165) is 47.4 Å². The lowest BCUT2D eigenvalue weighted by Crippen LogP contribution is -2.26. The van der Waals surface area contributed by atoms with Gasteiger partial charge in [-0.05, 0) is 58.1 Å². The Hall–Kier alpha value is -3.15. The summed E-state index contributed by atoms with van der Waals surface area (Å²) >= 11 is 0. The molecule has 3 aromatic rings. The zero-order valence-electron chi connectivity index (χ0n) is 18.0. The smallest absolute Gasteiger partial charge is 0.255 e. The lowest BCUT2D eigenvalue weighted by molar-refractivity contribution is 0.0954. The minimum absolute atomic E-state index is 0.112. The third kappa shape index (κ3) is 4.22. The van der Waals surface area contributed by atoms with Gasteiger partial charge >= 0.3 is 0 Å². The summed E-state index contributed by atoms with van der Waals surface area (Å²) in [7, 11) is 1.87. The minimum Gasteiger partial charge on any atom is -0.354 e. The van der Waals surface area contributed by atoms with Crippen LogP contribution in [0.1, 0.15) is 53.7 Å². The van der Waals surface area contributed by atoms with Crippen molar-refractivity contribution in [2.45, 2.75) is 46.0 Å². The first-order valence-corrected chi connectivity index (χ1v) is 10.6. The molecule has 0 spiro atoms. The van der Waals surface area contributed by atoms with E-state index in [-0.39, 0.29) is 5.91 Å². The summed E-state index contributed by atoms with van der Waals surface area (Å²) in [5, 5.41) is 11.9. The number of hydrogen-bond donors (Lipinski definition) is 2. The standard InChI is InChI=1S/C24H29N5O/c1-16-9-11-19(12-10-16)27-22-20(15-26-23-21(22)17(2)28-29(23)3)24(30)25-14-13-18-7-5-4-6-8-18/h7,9-12,15H,4-6,8,13-14H2,1-3H3,(H,25,30)(H,26,27). The number of pyridine rings is 1. The fourth-order valence-corrected chi connectivity index (χ4v) is 4.06. The minimum atomic E-state index is -0.112. The van der Waals surface area contributed by atoms with Crippen molar-refractivity contribution in [1.82, 2.24) is 20.1 Å². The second-order valence-electron chi connectivity index (χ2n) is 8.06. The Labute approximate surface area is 177 Å². The van der Waals surface area contributed by atoms with E-state index in [0.29, 0.717) is 12.1 Å². The number of carbonyl (C=O) groups is 1. The summed E-state index contributed by atoms with van der Waals surface area (Å²) in [4.78, 5) is 17.6. The van der Waals surface area contributed by atoms with Crippen LogP contribution in [0, 0.1) is 13.8 Å². The Morgan fingerprint density at radius 3 is 2.70 bits per heavy atom. The molecule has 0 unspecified atom stereocenters. The molecular formula is C24H29N5O. The van der Waals surface area contributed by atoms with Crippen molar-refractivity contribution >= 4 is 28.3 Å². The summed E-state index contributed by atoms with van der Waals surface area (Å²) < 4.78 is 1.75. The summed E-state index contributed by atoms with van der Waals surface area (Å²) in [6.45, 7) is 4.64. The highest BCUT2D eigenvalue weighted by Gasteiger charge is 2.20. The number of amides is 1. The average molecular weight is 404 g/mol. The van der Waals surface area contributed by atoms with Gasteiger partial charge in [-0.15, -0.1) is 0 Å². The number of aryl methyl sites for hydroxylation is 3. The first-order chi connectivity index (χ1) is 14.5. The second-order valence-corrected chi connectivity index (χ2v) is 8.06. The van der Waals surface area contributed by atoms with Crippen LogP contribution < -0.4 is 10.6 Å². The number of nitrogens with zero attached hydrogens (tertiary/aromatic N) is 3. The van der Waals surface area contributed by atoms with Gasteiger partial charge in [0.15, 0.2) is 5.65 Å². The normalized spacial score (nSPS) is 13.9. The van der Waals surface area contributed by atoms with Crippen LogP contribution in [0.15, 0.2) is 42.1 Å². The van der Waals surface area contributed by atoms with E-state index in [1.165, 1.54) is 24.0 Å². The van der Waals surface area contributed by atoms with Gasteiger partial charge in [0.2, 0.25) is 0 Å². The Morgan fingerprint density at radius 2 is 1.97 bits per heavy atom. The van der Waals surface area contributed by atoms with Crippen molar-refractivity contribution in [1.29, 1.82) is 0 Å². The molecule has 6 heteroatoms. The topological polar surface area (TPSA) is 71.8 Å². The maximum atomic E-state index is 13.1. The molecule has 4 rings (SSSR count). The number of benzene rings is 1. The van der Waals surface area contributed by atoms with Gasteiger partial charge in [-0.2, -0.15) is 5.10 Å². The molecule has 0 fully saturated rings. The van der Waals surface area contributed by atoms with Crippen LogP contribution in [0.2, 0.25) is 0 Å². The molecule has 0 atom stereocenters. The van der Waals surface area contributed by atoms with Crippen LogP contribution in [0.5, 0.6) is 0 Å². The van der Waals surface area contributed by atoms with Crippen LogP contribution >= 0.6 is 0 Å². The molecule has 156 valence electrons. The molecule has 2 N–H and O–H groups in total. The SMILES string of the molecule is Cc1ccc(Nc2c(C(=O)NCCC3=CCCCC3)cnc3c2c(C)nn3C)cc1. The number of anilines is 2. The maximum Gasteiger partial charge on any atom is 0.255 e. The number of aromatic nitrogens is 3. The van der Waals surface area contributed by atoms with Gasteiger partial charge in [0.25, 0.3) is 5.91 Å². The highest BCUT2D eigenvalue weighted by atomic mass is 16.1. The first-order valence-electron chi connectivity index (χ1n) is 10.6. The zero-order chi connectivity index (χ0) is 21.1. The van der Waals surface area contributed by atoms with Crippen LogP contribution in [-0.4, -0.2) is 27.2 Å². The molecule has 2 heterocycles. The van der Waals surface area contributed by atoms with Gasteiger partial charge in [-0.3, -0.25) is 9.48 Å². The van der Waals surface area contributed by atoms with E-state index in [1.54, 1.807) is 10.9 Å². The third-order valence-electron chi connectivity index (χ3n) is 5.71. The molecular weight excluding hydrogens is 374 g/mol. The third-order valence-corrected chi connectivity index (χ3v) is 5.71. The Morgan fingerprint density at radius 1 is 1.17 bits per heavy atom. The molecule has 0 saturated heterocycles. The fourth-order valence-electron chi connectivity index (χ4n) is 4.06. The van der Waals surface area contributed by atoms with Gasteiger partial charge in [0.05, 0.1) is 22.3 Å². The summed E-state index contributed by atoms with van der Waals surface area (Å²) in [6, 6.07) is 8.14. The van der Waals surface area contributed by atoms with Gasteiger partial charge in [-0.1, -0.05) is 29.3 Å². The average Bonchev–Trinajstić information content (AvgIpc) is 3.04. The Kier molecular flexibility index (Phi) is 5.84. The molecule has 0 saturated carbocycles. The number of nitrogens with one attached hydrogen (secondary N) is 2. The number of hydrogen-bond acceptors (Lipinski definition) is 4. The van der Waals surface area contributed by atoms with E-state index in [2.05, 4.69) is 45.8 Å². The second kappa shape index (κ2) is 8.69. The molecule has 6 nitrogen and oxygen atoms in total. The maximum absolute atomic E-state index is 13.1. The highest BCUT2D eigenvalue weighted by molar-refractivity contribution is 6.08. The monoisotopic (exact) mass is 403 g/mol. The molecule has 0 aliphatic heterocycles. The Bertz CT molecular complexity index is 1090. The summed E-state index contributed by atoms with van der Waals surface area (Å²) in [5.74, 6) is -0.112. The molecule has 1 aliphatic rings. The molecule has 0 bridgehead atoms. The number of carbonyl (C=O) groups excluding carboxylic acids is 1. The van der Waals surface area contributed by atoms with E-state index >= 15 is 0 Å². The summed E-state index contributed by atoms with van der Waals surface area (Å²) in [5.41, 5.74) is 6.46. The van der Waals surface area contributed by atoms with Crippen LogP contribution in [0.3, 0.4) is 0 Å². The number of allylic oxidation sites excluding steroid dienone is 1.